The second-order valence-corrected chi connectivity index (χ2v) is 7.08. The molecular formula is C17H19N5OS. The smallest absolute Gasteiger partial charge is 0.321 e. The summed E-state index contributed by atoms with van der Waals surface area (Å²) in [7, 11) is 0. The highest BCUT2D eigenvalue weighted by molar-refractivity contribution is 7.15. The number of urea groups is 1. The summed E-state index contributed by atoms with van der Waals surface area (Å²) in [5.74, 6) is 0.561. The van der Waals surface area contributed by atoms with Crippen molar-refractivity contribution in [2.45, 2.75) is 25.3 Å². The van der Waals surface area contributed by atoms with Crippen LogP contribution in [0.4, 0.5) is 15.6 Å². The van der Waals surface area contributed by atoms with Crippen LogP contribution in [0.5, 0.6) is 0 Å². The van der Waals surface area contributed by atoms with Crippen molar-refractivity contribution in [1.82, 2.24) is 15.5 Å². The van der Waals surface area contributed by atoms with E-state index in [1.54, 1.807) is 0 Å². The molecule has 1 aliphatic heterocycles. The lowest BCUT2D eigenvalue weighted by atomic mass is 10.2. The Hall–Kier alpha value is -2.41. The normalized spacial score (nSPS) is 16.4. The average Bonchev–Trinajstić information content (AvgIpc) is 3.10. The number of benzene rings is 1. The third-order valence-electron chi connectivity index (χ3n) is 4.16. The van der Waals surface area contributed by atoms with E-state index in [1.807, 2.05) is 12.1 Å². The van der Waals surface area contributed by atoms with Crippen molar-refractivity contribution in [2.75, 3.05) is 23.3 Å². The van der Waals surface area contributed by atoms with Gasteiger partial charge in [0.2, 0.25) is 5.13 Å². The fourth-order valence-electron chi connectivity index (χ4n) is 2.62. The van der Waals surface area contributed by atoms with Crippen LogP contribution in [0.3, 0.4) is 0 Å². The van der Waals surface area contributed by atoms with E-state index in [1.165, 1.54) is 29.9 Å². The highest BCUT2D eigenvalue weighted by Gasteiger charge is 2.27. The van der Waals surface area contributed by atoms with Crippen LogP contribution in [0, 0.1) is 0 Å². The number of aromatic nitrogens is 2. The molecule has 2 N–H and O–H groups in total. The zero-order chi connectivity index (χ0) is 16.4. The Kier molecular flexibility index (Phi) is 4.17. The summed E-state index contributed by atoms with van der Waals surface area (Å²) in [4.78, 5) is 14.2. The minimum atomic E-state index is -0.249. The van der Waals surface area contributed by atoms with E-state index in [0.29, 0.717) is 17.6 Å². The second-order valence-electron chi connectivity index (χ2n) is 6.07. The van der Waals surface area contributed by atoms with E-state index < -0.39 is 0 Å². The first kappa shape index (κ1) is 15.1. The zero-order valence-corrected chi connectivity index (χ0v) is 14.1. The second kappa shape index (κ2) is 6.60. The van der Waals surface area contributed by atoms with Gasteiger partial charge in [-0.2, -0.15) is 0 Å². The fourth-order valence-corrected chi connectivity index (χ4v) is 3.53. The van der Waals surface area contributed by atoms with Crippen LogP contribution in [-0.2, 0) is 6.54 Å². The van der Waals surface area contributed by atoms with E-state index in [0.717, 1.165) is 23.7 Å². The number of hydrogen-bond donors (Lipinski definition) is 2. The van der Waals surface area contributed by atoms with Crippen molar-refractivity contribution in [3.63, 3.8) is 0 Å². The van der Waals surface area contributed by atoms with Crippen molar-refractivity contribution < 1.29 is 4.79 Å². The van der Waals surface area contributed by atoms with Crippen LogP contribution < -0.4 is 15.5 Å². The first-order valence-electron chi connectivity index (χ1n) is 8.15. The van der Waals surface area contributed by atoms with Crippen LogP contribution in [-0.4, -0.2) is 29.3 Å². The molecule has 1 aromatic heterocycles. The lowest BCUT2D eigenvalue weighted by Crippen LogP contribution is -2.28. The predicted molar refractivity (Wildman–Crippen MR) is 95.5 cm³/mol. The first-order chi connectivity index (χ1) is 11.8. The van der Waals surface area contributed by atoms with Crippen LogP contribution in [0.25, 0.3) is 0 Å². The molecule has 6 nitrogen and oxygen atoms in total. The molecule has 4 rings (SSSR count). The van der Waals surface area contributed by atoms with Gasteiger partial charge in [-0.15, -0.1) is 10.2 Å². The molecule has 24 heavy (non-hydrogen) atoms. The van der Waals surface area contributed by atoms with Gasteiger partial charge in [0.15, 0.2) is 0 Å². The lowest BCUT2D eigenvalue weighted by molar-refractivity contribution is 0.251. The lowest BCUT2D eigenvalue weighted by Gasteiger charge is -2.17. The molecule has 2 heterocycles. The summed E-state index contributed by atoms with van der Waals surface area (Å²) in [6, 6.07) is 8.03. The van der Waals surface area contributed by atoms with Crippen LogP contribution >= 0.6 is 11.3 Å². The molecule has 2 amide bonds. The molecule has 1 fully saturated rings. The number of hydrogen-bond acceptors (Lipinski definition) is 5. The van der Waals surface area contributed by atoms with Gasteiger partial charge in [-0.25, -0.2) is 4.79 Å². The summed E-state index contributed by atoms with van der Waals surface area (Å²) in [6.45, 7) is 2.41. The third-order valence-corrected chi connectivity index (χ3v) is 5.16. The summed E-state index contributed by atoms with van der Waals surface area (Å²) < 4.78 is 0. The topological polar surface area (TPSA) is 70.2 Å². The molecule has 0 bridgehead atoms. The highest BCUT2D eigenvalue weighted by atomic mass is 32.1. The Morgan fingerprint density at radius 2 is 1.92 bits per heavy atom. The van der Waals surface area contributed by atoms with Crippen LogP contribution in [0.15, 0.2) is 36.4 Å². The van der Waals surface area contributed by atoms with Gasteiger partial charge < -0.3 is 10.2 Å². The summed E-state index contributed by atoms with van der Waals surface area (Å²) in [6.07, 6.45) is 6.71. The third kappa shape index (κ3) is 3.56. The summed E-state index contributed by atoms with van der Waals surface area (Å²) >= 11 is 1.46. The Balaban J connectivity index is 1.26. The number of carbonyl (C=O) groups is 1. The SMILES string of the molecule is O=C(NCc1ccc(N2CC=CC2)cc1)Nc1nnc(C2CC2)s1. The Bertz CT molecular complexity index is 743. The van der Waals surface area contributed by atoms with Crippen molar-refractivity contribution in [1.29, 1.82) is 0 Å². The molecule has 2 aromatic rings. The number of anilines is 2. The molecular weight excluding hydrogens is 322 g/mol. The quantitative estimate of drug-likeness (QED) is 0.820. The standard InChI is InChI=1S/C17H19N5OS/c23-16(19-17-21-20-15(24-17)13-5-6-13)18-11-12-3-7-14(8-4-12)22-9-1-2-10-22/h1-4,7-8,13H,5-6,9-11H2,(H2,18,19,21,23). The van der Waals surface area contributed by atoms with E-state index in [4.69, 9.17) is 0 Å². The van der Waals surface area contributed by atoms with Crippen LogP contribution in [0.1, 0.15) is 29.3 Å². The fraction of sp³-hybridized carbons (Fsp3) is 0.353. The number of nitrogens with one attached hydrogen (secondary N) is 2. The van der Waals surface area contributed by atoms with Gasteiger partial charge in [-0.05, 0) is 30.5 Å². The van der Waals surface area contributed by atoms with E-state index in [2.05, 4.69) is 50.0 Å². The van der Waals surface area contributed by atoms with Crippen molar-refractivity contribution in [3.05, 3.63) is 47.0 Å². The maximum atomic E-state index is 12.0. The van der Waals surface area contributed by atoms with Crippen molar-refractivity contribution in [3.8, 4) is 0 Å². The molecule has 0 unspecified atom stereocenters. The summed E-state index contributed by atoms with van der Waals surface area (Å²) in [5.41, 5.74) is 2.27. The van der Waals surface area contributed by atoms with Gasteiger partial charge in [-0.3, -0.25) is 5.32 Å². The molecule has 124 valence electrons. The maximum absolute atomic E-state index is 12.0. The largest absolute Gasteiger partial charge is 0.364 e. The van der Waals surface area contributed by atoms with Gasteiger partial charge in [0, 0.05) is 31.2 Å². The molecule has 1 aromatic carbocycles. The van der Waals surface area contributed by atoms with Crippen molar-refractivity contribution in [2.24, 2.45) is 0 Å². The van der Waals surface area contributed by atoms with Crippen LogP contribution in [0.2, 0.25) is 0 Å². The monoisotopic (exact) mass is 341 g/mol. The average molecular weight is 341 g/mol. The minimum Gasteiger partial charge on any atom is -0.364 e. The molecule has 0 atom stereocenters. The Morgan fingerprint density at radius 1 is 1.17 bits per heavy atom. The number of carbonyl (C=O) groups excluding carboxylic acids is 1. The molecule has 1 saturated carbocycles. The minimum absolute atomic E-state index is 0.249. The maximum Gasteiger partial charge on any atom is 0.321 e. The van der Waals surface area contributed by atoms with Gasteiger partial charge in [0.1, 0.15) is 5.01 Å². The van der Waals surface area contributed by atoms with E-state index in [9.17, 15) is 4.79 Å². The Labute approximate surface area is 144 Å². The highest BCUT2D eigenvalue weighted by Crippen LogP contribution is 2.41. The molecule has 0 saturated heterocycles. The molecule has 2 aliphatic rings. The van der Waals surface area contributed by atoms with E-state index in [-0.39, 0.29) is 6.03 Å². The van der Waals surface area contributed by atoms with Gasteiger partial charge in [0.25, 0.3) is 0 Å². The molecule has 7 heteroatoms. The zero-order valence-electron chi connectivity index (χ0n) is 13.2. The first-order valence-corrected chi connectivity index (χ1v) is 8.97. The molecule has 0 radical (unpaired) electrons. The number of nitrogens with zero attached hydrogens (tertiary/aromatic N) is 3. The van der Waals surface area contributed by atoms with Gasteiger partial charge in [-0.1, -0.05) is 35.6 Å². The molecule has 1 aliphatic carbocycles. The Morgan fingerprint density at radius 3 is 2.62 bits per heavy atom. The van der Waals surface area contributed by atoms with E-state index >= 15 is 0 Å². The molecule has 0 spiro atoms. The number of amides is 2. The van der Waals surface area contributed by atoms with Crippen molar-refractivity contribution >= 4 is 28.2 Å². The predicted octanol–water partition coefficient (Wildman–Crippen LogP) is 3.11. The number of rotatable bonds is 5. The summed E-state index contributed by atoms with van der Waals surface area (Å²) in [5, 5.41) is 15.3. The van der Waals surface area contributed by atoms with Gasteiger partial charge >= 0.3 is 6.03 Å². The van der Waals surface area contributed by atoms with Gasteiger partial charge in [0.05, 0.1) is 0 Å².